The Morgan fingerprint density at radius 2 is 2.11 bits per heavy atom. The van der Waals surface area contributed by atoms with E-state index in [0.29, 0.717) is 0 Å². The molecule has 2 rings (SSSR count). The summed E-state index contributed by atoms with van der Waals surface area (Å²) in [7, 11) is 0. The average Bonchev–Trinajstić information content (AvgIpc) is 2.80. The van der Waals surface area contributed by atoms with E-state index in [1.807, 2.05) is 38.1 Å². The number of para-hydroxylation sites is 2. The molecule has 4 nitrogen and oxygen atoms in total. The fourth-order valence-corrected chi connectivity index (χ4v) is 1.76. The molecule has 0 saturated heterocycles. The predicted octanol–water partition coefficient (Wildman–Crippen LogP) is 2.23. The summed E-state index contributed by atoms with van der Waals surface area (Å²) in [5, 5.41) is 12.6. The third kappa shape index (κ3) is 2.89. The lowest BCUT2D eigenvalue weighted by Crippen LogP contribution is -2.34. The Labute approximate surface area is 107 Å². The van der Waals surface area contributed by atoms with Crippen LogP contribution in [0.2, 0.25) is 0 Å². The summed E-state index contributed by atoms with van der Waals surface area (Å²) < 4.78 is 0. The van der Waals surface area contributed by atoms with Crippen molar-refractivity contribution in [1.82, 2.24) is 15.3 Å². The number of benzene rings is 1. The van der Waals surface area contributed by atoms with Gasteiger partial charge in [0.1, 0.15) is 5.82 Å². The van der Waals surface area contributed by atoms with Crippen LogP contribution in [-0.2, 0) is 0 Å². The van der Waals surface area contributed by atoms with Gasteiger partial charge in [-0.1, -0.05) is 26.0 Å². The van der Waals surface area contributed by atoms with E-state index in [0.717, 1.165) is 23.4 Å². The first-order chi connectivity index (χ1) is 8.52. The first-order valence-corrected chi connectivity index (χ1v) is 6.31. The molecule has 2 aromatic rings. The Bertz CT molecular complexity index is 485. The van der Waals surface area contributed by atoms with Gasteiger partial charge >= 0.3 is 0 Å². The van der Waals surface area contributed by atoms with Crippen LogP contribution in [0.5, 0.6) is 0 Å². The number of fused-ring (bicyclic) bond motifs is 1. The Morgan fingerprint density at radius 3 is 2.78 bits per heavy atom. The van der Waals surface area contributed by atoms with E-state index >= 15 is 0 Å². The number of rotatable bonds is 5. The van der Waals surface area contributed by atoms with Gasteiger partial charge < -0.3 is 15.4 Å². The second-order valence-corrected chi connectivity index (χ2v) is 5.56. The molecule has 1 unspecified atom stereocenters. The van der Waals surface area contributed by atoms with Crippen LogP contribution in [0.25, 0.3) is 11.0 Å². The molecule has 1 heterocycles. The second-order valence-electron chi connectivity index (χ2n) is 5.56. The Balaban J connectivity index is 2.07. The molecule has 0 aliphatic heterocycles. The van der Waals surface area contributed by atoms with Gasteiger partial charge in [0, 0.05) is 18.6 Å². The molecule has 3 N–H and O–H groups in total. The minimum absolute atomic E-state index is 0.111. The SMILES string of the molecule is CC(NCC(C)(C)CO)c1nc2ccccc2[nH]1. The third-order valence-electron chi connectivity index (χ3n) is 3.13. The zero-order valence-corrected chi connectivity index (χ0v) is 11.2. The fraction of sp³-hybridized carbons (Fsp3) is 0.500. The van der Waals surface area contributed by atoms with E-state index in [1.54, 1.807) is 0 Å². The van der Waals surface area contributed by atoms with Crippen LogP contribution in [-0.4, -0.2) is 28.2 Å². The number of hydrogen-bond donors (Lipinski definition) is 3. The number of H-pyrrole nitrogens is 1. The number of aromatic nitrogens is 2. The maximum atomic E-state index is 9.23. The first-order valence-electron chi connectivity index (χ1n) is 6.31. The number of aliphatic hydroxyl groups is 1. The number of aliphatic hydroxyl groups excluding tert-OH is 1. The van der Waals surface area contributed by atoms with E-state index < -0.39 is 0 Å². The summed E-state index contributed by atoms with van der Waals surface area (Å²) in [6, 6.07) is 8.15. The quantitative estimate of drug-likeness (QED) is 0.759. The normalized spacial score (nSPS) is 14.0. The van der Waals surface area contributed by atoms with E-state index in [4.69, 9.17) is 0 Å². The standard InChI is InChI=1S/C14H21N3O/c1-10(15-8-14(2,3)9-18)13-16-11-6-4-5-7-12(11)17-13/h4-7,10,15,18H,8-9H2,1-3H3,(H,16,17). The number of nitrogens with zero attached hydrogens (tertiary/aromatic N) is 1. The molecule has 0 radical (unpaired) electrons. The summed E-state index contributed by atoms with van der Waals surface area (Å²) in [5.74, 6) is 0.935. The highest BCUT2D eigenvalue weighted by Crippen LogP contribution is 2.17. The van der Waals surface area contributed by atoms with E-state index in [-0.39, 0.29) is 18.1 Å². The molecule has 1 atom stereocenters. The lowest BCUT2D eigenvalue weighted by Gasteiger charge is -2.24. The lowest BCUT2D eigenvalue weighted by molar-refractivity contribution is 0.153. The molecular formula is C14H21N3O. The maximum absolute atomic E-state index is 9.23. The molecule has 0 aliphatic carbocycles. The molecule has 1 aromatic carbocycles. The number of imidazole rings is 1. The van der Waals surface area contributed by atoms with Crippen LogP contribution < -0.4 is 5.32 Å². The van der Waals surface area contributed by atoms with Crippen molar-refractivity contribution in [1.29, 1.82) is 0 Å². The van der Waals surface area contributed by atoms with Gasteiger partial charge in [-0.3, -0.25) is 0 Å². The van der Waals surface area contributed by atoms with Crippen molar-refractivity contribution >= 4 is 11.0 Å². The van der Waals surface area contributed by atoms with Crippen molar-refractivity contribution in [3.63, 3.8) is 0 Å². The Kier molecular flexibility index (Phi) is 3.68. The monoisotopic (exact) mass is 247 g/mol. The highest BCUT2D eigenvalue weighted by Gasteiger charge is 2.18. The molecule has 0 aliphatic rings. The molecule has 0 saturated carbocycles. The molecule has 18 heavy (non-hydrogen) atoms. The Morgan fingerprint density at radius 1 is 1.39 bits per heavy atom. The summed E-state index contributed by atoms with van der Waals surface area (Å²) >= 11 is 0. The van der Waals surface area contributed by atoms with E-state index in [2.05, 4.69) is 22.2 Å². The van der Waals surface area contributed by atoms with Crippen LogP contribution in [0.4, 0.5) is 0 Å². The first kappa shape index (κ1) is 13.1. The van der Waals surface area contributed by atoms with E-state index in [9.17, 15) is 5.11 Å². The summed E-state index contributed by atoms with van der Waals surface area (Å²) in [6.45, 7) is 7.07. The van der Waals surface area contributed by atoms with Gasteiger partial charge in [0.2, 0.25) is 0 Å². The van der Waals surface area contributed by atoms with Gasteiger partial charge in [0.25, 0.3) is 0 Å². The smallest absolute Gasteiger partial charge is 0.124 e. The van der Waals surface area contributed by atoms with Gasteiger partial charge in [0.05, 0.1) is 17.1 Å². The second kappa shape index (κ2) is 5.08. The molecule has 1 aromatic heterocycles. The van der Waals surface area contributed by atoms with E-state index in [1.165, 1.54) is 0 Å². The van der Waals surface area contributed by atoms with Gasteiger partial charge in [0.15, 0.2) is 0 Å². The minimum Gasteiger partial charge on any atom is -0.396 e. The number of hydrogen-bond acceptors (Lipinski definition) is 3. The van der Waals surface area contributed by atoms with Crippen LogP contribution >= 0.6 is 0 Å². The largest absolute Gasteiger partial charge is 0.396 e. The summed E-state index contributed by atoms with van der Waals surface area (Å²) in [4.78, 5) is 7.87. The molecule has 0 amide bonds. The third-order valence-corrected chi connectivity index (χ3v) is 3.13. The van der Waals surface area contributed by atoms with Crippen molar-refractivity contribution in [2.24, 2.45) is 5.41 Å². The minimum atomic E-state index is -0.111. The van der Waals surface area contributed by atoms with Crippen molar-refractivity contribution in [2.75, 3.05) is 13.2 Å². The fourth-order valence-electron chi connectivity index (χ4n) is 1.76. The van der Waals surface area contributed by atoms with Gasteiger partial charge in [-0.2, -0.15) is 0 Å². The zero-order valence-electron chi connectivity index (χ0n) is 11.2. The maximum Gasteiger partial charge on any atom is 0.124 e. The topological polar surface area (TPSA) is 60.9 Å². The molecule has 0 fully saturated rings. The molecule has 4 heteroatoms. The van der Waals surface area contributed by atoms with Crippen molar-refractivity contribution < 1.29 is 5.11 Å². The van der Waals surface area contributed by atoms with Crippen LogP contribution in [0.1, 0.15) is 32.6 Å². The molecule has 0 spiro atoms. The summed E-state index contributed by atoms with van der Waals surface area (Å²) in [6.07, 6.45) is 0. The number of nitrogens with one attached hydrogen (secondary N) is 2. The number of aromatic amines is 1. The highest BCUT2D eigenvalue weighted by atomic mass is 16.3. The van der Waals surface area contributed by atoms with Crippen LogP contribution in [0.3, 0.4) is 0 Å². The predicted molar refractivity (Wildman–Crippen MR) is 73.4 cm³/mol. The van der Waals surface area contributed by atoms with Crippen molar-refractivity contribution in [2.45, 2.75) is 26.8 Å². The zero-order chi connectivity index (χ0) is 13.2. The summed E-state index contributed by atoms with van der Waals surface area (Å²) in [5.41, 5.74) is 1.94. The van der Waals surface area contributed by atoms with Crippen molar-refractivity contribution in [3.8, 4) is 0 Å². The van der Waals surface area contributed by atoms with Gasteiger partial charge in [-0.25, -0.2) is 4.98 Å². The Hall–Kier alpha value is -1.39. The van der Waals surface area contributed by atoms with Gasteiger partial charge in [-0.05, 0) is 19.1 Å². The molecule has 0 bridgehead atoms. The molecular weight excluding hydrogens is 226 g/mol. The highest BCUT2D eigenvalue weighted by molar-refractivity contribution is 5.74. The van der Waals surface area contributed by atoms with Crippen molar-refractivity contribution in [3.05, 3.63) is 30.1 Å². The molecule has 98 valence electrons. The van der Waals surface area contributed by atoms with Crippen LogP contribution in [0.15, 0.2) is 24.3 Å². The lowest BCUT2D eigenvalue weighted by atomic mass is 9.95. The average molecular weight is 247 g/mol. The van der Waals surface area contributed by atoms with Crippen LogP contribution in [0, 0.1) is 5.41 Å². The van der Waals surface area contributed by atoms with Gasteiger partial charge in [-0.15, -0.1) is 0 Å².